The molecule has 32 heavy (non-hydrogen) atoms. The van der Waals surface area contributed by atoms with E-state index in [1.54, 1.807) is 18.3 Å². The fourth-order valence-corrected chi connectivity index (χ4v) is 4.32. The molecule has 0 aliphatic heterocycles. The summed E-state index contributed by atoms with van der Waals surface area (Å²) < 4.78 is 1.92. The standard InChI is InChI=1S/C24H30N6O2/c1-14(2)30-12-18(20-22(25)26-13-27-23(20)30)21(31)16-10-9-15(3)19(11-16)29-24(32)28-17-7-5-4-6-8-17/h9-14,17H,4-8H2,1-3H3,(H2,25,26,27)(H2,28,29,32). The summed E-state index contributed by atoms with van der Waals surface area (Å²) in [5.74, 6) is 0.0849. The summed E-state index contributed by atoms with van der Waals surface area (Å²) in [4.78, 5) is 34.4. The van der Waals surface area contributed by atoms with Gasteiger partial charge in [-0.1, -0.05) is 31.4 Å². The van der Waals surface area contributed by atoms with Gasteiger partial charge in [-0.3, -0.25) is 4.79 Å². The molecule has 2 heterocycles. The number of amides is 2. The Hall–Kier alpha value is -3.42. The summed E-state index contributed by atoms with van der Waals surface area (Å²) >= 11 is 0. The van der Waals surface area contributed by atoms with Gasteiger partial charge in [0.25, 0.3) is 0 Å². The first-order valence-corrected chi connectivity index (χ1v) is 11.2. The van der Waals surface area contributed by atoms with Crippen molar-refractivity contribution in [2.24, 2.45) is 0 Å². The lowest BCUT2D eigenvalue weighted by Crippen LogP contribution is -2.39. The Kier molecular flexibility index (Phi) is 6.12. The van der Waals surface area contributed by atoms with Gasteiger partial charge in [0.1, 0.15) is 17.8 Å². The van der Waals surface area contributed by atoms with Crippen LogP contribution < -0.4 is 16.4 Å². The summed E-state index contributed by atoms with van der Waals surface area (Å²) in [6.07, 6.45) is 8.72. The van der Waals surface area contributed by atoms with Crippen LogP contribution in [0.2, 0.25) is 0 Å². The number of carbonyl (C=O) groups excluding carboxylic acids is 2. The van der Waals surface area contributed by atoms with Crippen molar-refractivity contribution in [1.82, 2.24) is 19.9 Å². The average molecular weight is 435 g/mol. The Labute approximate surface area is 187 Å². The summed E-state index contributed by atoms with van der Waals surface area (Å²) in [7, 11) is 0. The van der Waals surface area contributed by atoms with E-state index in [9.17, 15) is 9.59 Å². The third kappa shape index (κ3) is 4.30. The van der Waals surface area contributed by atoms with Crippen molar-refractivity contribution in [3.8, 4) is 0 Å². The largest absolute Gasteiger partial charge is 0.383 e. The Morgan fingerprint density at radius 1 is 1.16 bits per heavy atom. The van der Waals surface area contributed by atoms with E-state index < -0.39 is 0 Å². The minimum Gasteiger partial charge on any atom is -0.383 e. The zero-order valence-corrected chi connectivity index (χ0v) is 18.8. The predicted octanol–water partition coefficient (Wildman–Crippen LogP) is 4.59. The van der Waals surface area contributed by atoms with E-state index in [2.05, 4.69) is 20.6 Å². The molecule has 0 radical (unpaired) electrons. The number of aromatic nitrogens is 3. The highest BCUT2D eigenvalue weighted by atomic mass is 16.2. The van der Waals surface area contributed by atoms with E-state index in [1.807, 2.05) is 31.4 Å². The molecule has 0 bridgehead atoms. The van der Waals surface area contributed by atoms with E-state index >= 15 is 0 Å². The highest BCUT2D eigenvalue weighted by molar-refractivity contribution is 6.18. The number of aryl methyl sites for hydroxylation is 1. The number of rotatable bonds is 5. The highest BCUT2D eigenvalue weighted by Crippen LogP contribution is 2.29. The van der Waals surface area contributed by atoms with Crippen LogP contribution in [0.1, 0.15) is 73.5 Å². The molecule has 168 valence electrons. The number of nitrogens with zero attached hydrogens (tertiary/aromatic N) is 3. The SMILES string of the molecule is Cc1ccc(C(=O)c2cn(C(C)C)c3ncnc(N)c23)cc1NC(=O)NC1CCCCC1. The van der Waals surface area contributed by atoms with Gasteiger partial charge >= 0.3 is 6.03 Å². The molecular formula is C24H30N6O2. The minimum atomic E-state index is -0.237. The van der Waals surface area contributed by atoms with E-state index in [1.165, 1.54) is 12.7 Å². The maximum Gasteiger partial charge on any atom is 0.319 e. The number of urea groups is 1. The van der Waals surface area contributed by atoms with Gasteiger partial charge in [-0.25, -0.2) is 14.8 Å². The van der Waals surface area contributed by atoms with Gasteiger partial charge in [-0.2, -0.15) is 0 Å². The van der Waals surface area contributed by atoms with Gasteiger partial charge in [-0.15, -0.1) is 0 Å². The van der Waals surface area contributed by atoms with Crippen LogP contribution >= 0.6 is 0 Å². The minimum absolute atomic E-state index is 0.104. The van der Waals surface area contributed by atoms with Crippen molar-refractivity contribution in [1.29, 1.82) is 0 Å². The van der Waals surface area contributed by atoms with Gasteiger partial charge in [0, 0.05) is 29.5 Å². The molecule has 1 aromatic carbocycles. The topological polar surface area (TPSA) is 115 Å². The fourth-order valence-electron chi connectivity index (χ4n) is 4.32. The molecule has 4 rings (SSSR count). The Bertz CT molecular complexity index is 1160. The number of nitrogens with two attached hydrogens (primary N) is 1. The van der Waals surface area contributed by atoms with Crippen molar-refractivity contribution in [3.05, 3.63) is 47.4 Å². The number of anilines is 2. The summed E-state index contributed by atoms with van der Waals surface area (Å²) in [6.45, 7) is 5.94. The van der Waals surface area contributed by atoms with Crippen molar-refractivity contribution < 1.29 is 9.59 Å². The van der Waals surface area contributed by atoms with Crippen LogP contribution in [0, 0.1) is 6.92 Å². The maximum absolute atomic E-state index is 13.5. The first-order chi connectivity index (χ1) is 15.3. The van der Waals surface area contributed by atoms with Crippen LogP contribution in [0.4, 0.5) is 16.3 Å². The first-order valence-electron chi connectivity index (χ1n) is 11.2. The number of carbonyl (C=O) groups is 2. The van der Waals surface area contributed by atoms with Crippen LogP contribution in [0.5, 0.6) is 0 Å². The number of nitrogen functional groups attached to an aromatic ring is 1. The number of hydrogen-bond acceptors (Lipinski definition) is 5. The first kappa shape index (κ1) is 21.8. The molecule has 8 heteroatoms. The summed E-state index contributed by atoms with van der Waals surface area (Å²) in [6, 6.07) is 5.40. The van der Waals surface area contributed by atoms with Gasteiger partial charge in [0.15, 0.2) is 5.78 Å². The van der Waals surface area contributed by atoms with Gasteiger partial charge in [-0.05, 0) is 45.2 Å². The van der Waals surface area contributed by atoms with E-state index in [-0.39, 0.29) is 29.7 Å². The van der Waals surface area contributed by atoms with Crippen molar-refractivity contribution in [2.75, 3.05) is 11.1 Å². The molecule has 8 nitrogen and oxygen atoms in total. The molecular weight excluding hydrogens is 404 g/mol. The summed E-state index contributed by atoms with van der Waals surface area (Å²) in [5, 5.41) is 6.52. The predicted molar refractivity (Wildman–Crippen MR) is 126 cm³/mol. The molecule has 4 N–H and O–H groups in total. The van der Waals surface area contributed by atoms with Crippen LogP contribution in [0.3, 0.4) is 0 Å². The van der Waals surface area contributed by atoms with Gasteiger partial charge < -0.3 is 20.9 Å². The Morgan fingerprint density at radius 2 is 1.91 bits per heavy atom. The smallest absolute Gasteiger partial charge is 0.319 e. The number of fused-ring (bicyclic) bond motifs is 1. The van der Waals surface area contributed by atoms with E-state index in [0.717, 1.165) is 31.2 Å². The molecule has 2 aromatic heterocycles. The number of benzene rings is 1. The highest BCUT2D eigenvalue weighted by Gasteiger charge is 2.22. The fraction of sp³-hybridized carbons (Fsp3) is 0.417. The number of ketones is 1. The van der Waals surface area contributed by atoms with E-state index in [4.69, 9.17) is 5.73 Å². The normalized spacial score (nSPS) is 14.6. The zero-order chi connectivity index (χ0) is 22.8. The average Bonchev–Trinajstić information content (AvgIpc) is 3.17. The second kappa shape index (κ2) is 8.98. The molecule has 0 unspecified atom stereocenters. The molecule has 1 fully saturated rings. The molecule has 1 aliphatic rings. The quantitative estimate of drug-likeness (QED) is 0.508. The Morgan fingerprint density at radius 3 is 2.62 bits per heavy atom. The van der Waals surface area contributed by atoms with Crippen LogP contribution in [-0.2, 0) is 0 Å². The lowest BCUT2D eigenvalue weighted by Gasteiger charge is -2.23. The maximum atomic E-state index is 13.5. The molecule has 0 atom stereocenters. The molecule has 1 aliphatic carbocycles. The summed E-state index contributed by atoms with van der Waals surface area (Å²) in [5.41, 5.74) is 9.16. The lowest BCUT2D eigenvalue weighted by atomic mass is 9.96. The van der Waals surface area contributed by atoms with Crippen molar-refractivity contribution in [2.45, 2.75) is 65.0 Å². The van der Waals surface area contributed by atoms with Crippen LogP contribution in [0.25, 0.3) is 11.0 Å². The van der Waals surface area contributed by atoms with E-state index in [0.29, 0.717) is 27.8 Å². The van der Waals surface area contributed by atoms with Crippen LogP contribution in [-0.4, -0.2) is 32.4 Å². The van der Waals surface area contributed by atoms with Gasteiger partial charge in [0.2, 0.25) is 0 Å². The van der Waals surface area contributed by atoms with Crippen molar-refractivity contribution >= 4 is 34.4 Å². The molecule has 2 amide bonds. The molecule has 0 saturated heterocycles. The Balaban J connectivity index is 1.62. The van der Waals surface area contributed by atoms with Crippen LogP contribution in [0.15, 0.2) is 30.7 Å². The molecule has 1 saturated carbocycles. The van der Waals surface area contributed by atoms with Crippen molar-refractivity contribution in [3.63, 3.8) is 0 Å². The lowest BCUT2D eigenvalue weighted by molar-refractivity contribution is 0.104. The zero-order valence-electron chi connectivity index (χ0n) is 18.8. The van der Waals surface area contributed by atoms with Gasteiger partial charge in [0.05, 0.1) is 10.9 Å². The number of nitrogens with one attached hydrogen (secondary N) is 2. The second-order valence-electron chi connectivity index (χ2n) is 8.79. The monoisotopic (exact) mass is 434 g/mol. The molecule has 0 spiro atoms. The third-order valence-electron chi connectivity index (χ3n) is 6.13. The second-order valence-corrected chi connectivity index (χ2v) is 8.79. The third-order valence-corrected chi connectivity index (χ3v) is 6.13. The molecule has 3 aromatic rings. The number of hydrogen-bond donors (Lipinski definition) is 3.